The van der Waals surface area contributed by atoms with Crippen LogP contribution in [0, 0.1) is 5.92 Å². The van der Waals surface area contributed by atoms with Crippen LogP contribution < -0.4 is 5.32 Å². The van der Waals surface area contributed by atoms with Gasteiger partial charge in [-0.15, -0.1) is 0 Å². The Labute approximate surface area is 157 Å². The molecule has 0 aromatic heterocycles. The first-order valence-electron chi connectivity index (χ1n) is 10.0. The number of hydrogen-bond donors (Lipinski definition) is 1. The molecule has 3 amide bonds. The Morgan fingerprint density at radius 3 is 2.50 bits per heavy atom. The summed E-state index contributed by atoms with van der Waals surface area (Å²) in [5.74, 6) is -0.0841. The predicted molar refractivity (Wildman–Crippen MR) is 101 cm³/mol. The Bertz CT molecular complexity index is 452. The Hall–Kier alpha value is -1.79. The molecule has 1 unspecified atom stereocenters. The number of unbranched alkanes of at least 4 members (excludes halogenated alkanes) is 2. The summed E-state index contributed by atoms with van der Waals surface area (Å²) in [6, 6.07) is -0.0903. The highest BCUT2D eigenvalue weighted by Crippen LogP contribution is 2.19. The highest BCUT2D eigenvalue weighted by atomic mass is 16.5. The molecule has 1 atom stereocenters. The molecule has 0 bridgehead atoms. The number of nitrogens with one attached hydrogen (secondary N) is 1. The van der Waals surface area contributed by atoms with Crippen LogP contribution in [0.4, 0.5) is 4.79 Å². The number of hydrogen-bond acceptors (Lipinski definition) is 4. The zero-order valence-corrected chi connectivity index (χ0v) is 16.6. The van der Waals surface area contributed by atoms with E-state index in [1.807, 2.05) is 18.7 Å². The predicted octanol–water partition coefficient (Wildman–Crippen LogP) is 2.40. The van der Waals surface area contributed by atoms with E-state index >= 15 is 0 Å². The molecule has 0 radical (unpaired) electrons. The molecule has 26 heavy (non-hydrogen) atoms. The quantitative estimate of drug-likeness (QED) is 0.474. The van der Waals surface area contributed by atoms with E-state index in [0.29, 0.717) is 45.8 Å². The number of urea groups is 1. The van der Waals surface area contributed by atoms with Gasteiger partial charge in [-0.25, -0.2) is 4.79 Å². The van der Waals surface area contributed by atoms with E-state index in [9.17, 15) is 14.4 Å². The number of carbonyl (C=O) groups excluding carboxylic acids is 3. The Morgan fingerprint density at radius 1 is 1.12 bits per heavy atom. The maximum absolute atomic E-state index is 12.5. The summed E-state index contributed by atoms with van der Waals surface area (Å²) in [5.41, 5.74) is 0. The van der Waals surface area contributed by atoms with Crippen molar-refractivity contribution in [3.05, 3.63) is 0 Å². The van der Waals surface area contributed by atoms with Crippen LogP contribution in [0.2, 0.25) is 0 Å². The van der Waals surface area contributed by atoms with E-state index in [0.717, 1.165) is 32.1 Å². The fraction of sp³-hybridized carbons (Fsp3) is 0.842. The second kappa shape index (κ2) is 12.5. The molecule has 1 rings (SSSR count). The SMILES string of the molecule is CCOC(=O)CCCCCNC(=O)N1CCCC(C(=O)N(CC)CC)C1. The lowest BCUT2D eigenvalue weighted by atomic mass is 9.96. The van der Waals surface area contributed by atoms with Gasteiger partial charge in [0.2, 0.25) is 5.91 Å². The van der Waals surface area contributed by atoms with Crippen molar-refractivity contribution in [3.63, 3.8) is 0 Å². The van der Waals surface area contributed by atoms with E-state index in [1.165, 1.54) is 0 Å². The minimum Gasteiger partial charge on any atom is -0.466 e. The summed E-state index contributed by atoms with van der Waals surface area (Å²) in [4.78, 5) is 39.6. The topological polar surface area (TPSA) is 79.0 Å². The molecule has 7 nitrogen and oxygen atoms in total. The summed E-state index contributed by atoms with van der Waals surface area (Å²) in [5, 5.41) is 2.93. The molecule has 0 aromatic rings. The number of nitrogens with zero attached hydrogens (tertiary/aromatic N) is 2. The Kier molecular flexibility index (Phi) is 10.7. The number of piperidine rings is 1. The van der Waals surface area contributed by atoms with Gasteiger partial charge in [0.15, 0.2) is 0 Å². The highest BCUT2D eigenvalue weighted by Gasteiger charge is 2.30. The van der Waals surface area contributed by atoms with Crippen LogP contribution in [0.15, 0.2) is 0 Å². The average molecular weight is 370 g/mol. The number of ether oxygens (including phenoxy) is 1. The number of rotatable bonds is 10. The van der Waals surface area contributed by atoms with E-state index in [1.54, 1.807) is 11.8 Å². The van der Waals surface area contributed by atoms with Crippen molar-refractivity contribution >= 4 is 17.9 Å². The lowest BCUT2D eigenvalue weighted by Gasteiger charge is -2.34. The summed E-state index contributed by atoms with van der Waals surface area (Å²) >= 11 is 0. The number of likely N-dealkylation sites (tertiary alicyclic amines) is 1. The van der Waals surface area contributed by atoms with Gasteiger partial charge in [-0.05, 0) is 46.5 Å². The zero-order valence-electron chi connectivity index (χ0n) is 16.6. The average Bonchev–Trinajstić information content (AvgIpc) is 2.65. The van der Waals surface area contributed by atoms with Crippen molar-refractivity contribution in [2.75, 3.05) is 39.3 Å². The van der Waals surface area contributed by atoms with Gasteiger partial charge in [0.05, 0.1) is 12.5 Å². The molecule has 0 spiro atoms. The van der Waals surface area contributed by atoms with E-state index in [-0.39, 0.29) is 23.8 Å². The van der Waals surface area contributed by atoms with Gasteiger partial charge in [-0.2, -0.15) is 0 Å². The largest absolute Gasteiger partial charge is 0.466 e. The lowest BCUT2D eigenvalue weighted by Crippen LogP contribution is -2.49. The molecule has 1 N–H and O–H groups in total. The number of esters is 1. The molecule has 0 aromatic carbocycles. The first-order chi connectivity index (χ1) is 12.5. The van der Waals surface area contributed by atoms with Gasteiger partial charge in [-0.3, -0.25) is 9.59 Å². The molecule has 150 valence electrons. The molecule has 0 aliphatic carbocycles. The second-order valence-electron chi connectivity index (χ2n) is 6.64. The van der Waals surface area contributed by atoms with Crippen LogP contribution in [0.5, 0.6) is 0 Å². The molecule has 1 heterocycles. The van der Waals surface area contributed by atoms with Gasteiger partial charge >= 0.3 is 12.0 Å². The minimum absolute atomic E-state index is 0.0843. The summed E-state index contributed by atoms with van der Waals surface area (Å²) < 4.78 is 4.88. The first kappa shape index (κ1) is 22.3. The van der Waals surface area contributed by atoms with Crippen molar-refractivity contribution in [3.8, 4) is 0 Å². The van der Waals surface area contributed by atoms with Gasteiger partial charge in [0, 0.05) is 39.1 Å². The van der Waals surface area contributed by atoms with Crippen LogP contribution in [0.3, 0.4) is 0 Å². The van der Waals surface area contributed by atoms with Gasteiger partial charge < -0.3 is 19.9 Å². The monoisotopic (exact) mass is 369 g/mol. The molecule has 1 aliphatic heterocycles. The van der Waals surface area contributed by atoms with Crippen LogP contribution in [-0.2, 0) is 14.3 Å². The van der Waals surface area contributed by atoms with Crippen molar-refractivity contribution in [1.29, 1.82) is 0 Å². The minimum atomic E-state index is -0.159. The summed E-state index contributed by atoms with van der Waals surface area (Å²) in [6.07, 6.45) is 4.64. The standard InChI is InChI=1S/C19H35N3O4/c1-4-21(5-2)18(24)16-11-10-14-22(15-16)19(25)20-13-9-7-8-12-17(23)26-6-3/h16H,4-15H2,1-3H3,(H,20,25). The van der Waals surface area contributed by atoms with Gasteiger partial charge in [0.25, 0.3) is 0 Å². The Balaban J connectivity index is 2.25. The van der Waals surface area contributed by atoms with Crippen LogP contribution >= 0.6 is 0 Å². The van der Waals surface area contributed by atoms with Crippen LogP contribution in [-0.4, -0.2) is 67.0 Å². The van der Waals surface area contributed by atoms with Crippen molar-refractivity contribution in [2.45, 2.75) is 59.3 Å². The molecule has 1 fully saturated rings. The fourth-order valence-electron chi connectivity index (χ4n) is 3.27. The van der Waals surface area contributed by atoms with Crippen molar-refractivity contribution in [2.24, 2.45) is 5.92 Å². The lowest BCUT2D eigenvalue weighted by molar-refractivity contribution is -0.143. The highest BCUT2D eigenvalue weighted by molar-refractivity contribution is 5.81. The third-order valence-electron chi connectivity index (χ3n) is 4.77. The van der Waals surface area contributed by atoms with E-state index in [2.05, 4.69) is 5.32 Å². The van der Waals surface area contributed by atoms with Gasteiger partial charge in [-0.1, -0.05) is 6.42 Å². The van der Waals surface area contributed by atoms with Crippen LogP contribution in [0.1, 0.15) is 59.3 Å². The number of amides is 3. The summed E-state index contributed by atoms with van der Waals surface area (Å²) in [7, 11) is 0. The molecular formula is C19H35N3O4. The molecule has 7 heteroatoms. The molecular weight excluding hydrogens is 334 g/mol. The molecule has 0 saturated carbocycles. The molecule has 1 saturated heterocycles. The van der Waals surface area contributed by atoms with Gasteiger partial charge in [0.1, 0.15) is 0 Å². The normalized spacial score (nSPS) is 16.9. The van der Waals surface area contributed by atoms with E-state index < -0.39 is 0 Å². The Morgan fingerprint density at radius 2 is 1.85 bits per heavy atom. The van der Waals surface area contributed by atoms with Crippen molar-refractivity contribution in [1.82, 2.24) is 15.1 Å². The maximum atomic E-state index is 12.5. The van der Waals surface area contributed by atoms with E-state index in [4.69, 9.17) is 4.74 Å². The second-order valence-corrected chi connectivity index (χ2v) is 6.64. The third-order valence-corrected chi connectivity index (χ3v) is 4.77. The smallest absolute Gasteiger partial charge is 0.317 e. The molecule has 1 aliphatic rings. The number of carbonyl (C=O) groups is 3. The fourth-order valence-corrected chi connectivity index (χ4v) is 3.27. The third kappa shape index (κ3) is 7.62. The zero-order chi connectivity index (χ0) is 19.4. The maximum Gasteiger partial charge on any atom is 0.317 e. The first-order valence-corrected chi connectivity index (χ1v) is 10.0. The van der Waals surface area contributed by atoms with Crippen molar-refractivity contribution < 1.29 is 19.1 Å². The van der Waals surface area contributed by atoms with Crippen LogP contribution in [0.25, 0.3) is 0 Å². The summed E-state index contributed by atoms with van der Waals surface area (Å²) in [6.45, 7) is 9.41.